The number of benzene rings is 1. The van der Waals surface area contributed by atoms with E-state index in [2.05, 4.69) is 0 Å². The third-order valence-electron chi connectivity index (χ3n) is 2.91. The van der Waals surface area contributed by atoms with E-state index in [4.69, 9.17) is 4.74 Å². The predicted octanol–water partition coefficient (Wildman–Crippen LogP) is 3.93. The lowest BCUT2D eigenvalue weighted by atomic mass is 10.1. The van der Waals surface area contributed by atoms with Gasteiger partial charge in [0.2, 0.25) is 0 Å². The maximum atomic E-state index is 14.0. The monoisotopic (exact) mass is 295 g/mol. The summed E-state index contributed by atoms with van der Waals surface area (Å²) in [5.41, 5.74) is -0.569. The van der Waals surface area contributed by atoms with Gasteiger partial charge in [0, 0.05) is 12.5 Å². The highest BCUT2D eigenvalue weighted by atomic mass is 19.1. The topological polar surface area (TPSA) is 46.6 Å². The number of amides is 1. The van der Waals surface area contributed by atoms with Crippen molar-refractivity contribution in [3.05, 3.63) is 30.1 Å². The van der Waals surface area contributed by atoms with Gasteiger partial charge in [-0.1, -0.05) is 19.1 Å². The number of para-hydroxylation sites is 1. The molecule has 0 aliphatic carbocycles. The molecule has 0 aliphatic rings. The molecule has 0 N–H and O–H groups in total. The molecule has 0 radical (unpaired) electrons. The number of ether oxygens (including phenoxy) is 1. The Balaban J connectivity index is 3.19. The van der Waals surface area contributed by atoms with E-state index in [1.165, 1.54) is 17.0 Å². The summed E-state index contributed by atoms with van der Waals surface area (Å²) in [5, 5.41) is 0. The maximum absolute atomic E-state index is 14.0. The number of hydrogen-bond donors (Lipinski definition) is 0. The van der Waals surface area contributed by atoms with Crippen LogP contribution in [0.1, 0.15) is 40.5 Å². The summed E-state index contributed by atoms with van der Waals surface area (Å²) in [6.07, 6.45) is 0.726. The summed E-state index contributed by atoms with van der Waals surface area (Å²) >= 11 is 0. The van der Waals surface area contributed by atoms with Gasteiger partial charge in [0.25, 0.3) is 0 Å². The average Bonchev–Trinajstić information content (AvgIpc) is 2.38. The minimum atomic E-state index is -0.694. The maximum Gasteiger partial charge on any atom is 0.415 e. The van der Waals surface area contributed by atoms with Crippen LogP contribution in [0.3, 0.4) is 0 Å². The summed E-state index contributed by atoms with van der Waals surface area (Å²) in [4.78, 5) is 24.5. The highest BCUT2D eigenvalue weighted by Gasteiger charge is 2.30. The molecule has 0 aromatic heterocycles. The Bertz CT molecular complexity index is 497. The van der Waals surface area contributed by atoms with Crippen molar-refractivity contribution in [2.75, 3.05) is 4.90 Å². The lowest BCUT2D eigenvalue weighted by Gasteiger charge is -2.32. The molecule has 1 aromatic carbocycles. The molecular weight excluding hydrogens is 273 g/mol. The molecule has 0 bridgehead atoms. The zero-order valence-electron chi connectivity index (χ0n) is 12.9. The predicted molar refractivity (Wildman–Crippen MR) is 79.9 cm³/mol. The summed E-state index contributed by atoms with van der Waals surface area (Å²) in [6.45, 7) is 7.06. The van der Waals surface area contributed by atoms with Crippen LogP contribution in [-0.2, 0) is 9.53 Å². The zero-order valence-corrected chi connectivity index (χ0v) is 12.9. The SMILES string of the molecule is CCC(CC=O)N(C(=O)OC(C)(C)C)c1ccccc1F. The van der Waals surface area contributed by atoms with Crippen LogP contribution >= 0.6 is 0 Å². The molecule has 0 spiro atoms. The molecule has 0 saturated carbocycles. The van der Waals surface area contributed by atoms with Crippen LogP contribution in [0, 0.1) is 5.82 Å². The highest BCUT2D eigenvalue weighted by molar-refractivity contribution is 5.89. The number of anilines is 1. The molecule has 1 atom stereocenters. The second-order valence-corrected chi connectivity index (χ2v) is 5.77. The second kappa shape index (κ2) is 7.20. The molecule has 1 rings (SSSR count). The van der Waals surface area contributed by atoms with Crippen molar-refractivity contribution in [1.29, 1.82) is 0 Å². The Kier molecular flexibility index (Phi) is 5.88. The van der Waals surface area contributed by atoms with Crippen molar-refractivity contribution in [1.82, 2.24) is 0 Å². The number of hydrogen-bond acceptors (Lipinski definition) is 3. The van der Waals surface area contributed by atoms with Crippen molar-refractivity contribution in [3.8, 4) is 0 Å². The fourth-order valence-corrected chi connectivity index (χ4v) is 1.97. The molecule has 0 fully saturated rings. The first-order chi connectivity index (χ1) is 9.80. The standard InChI is InChI=1S/C16H22FNO3/c1-5-12(10-11-19)18(15(20)21-16(2,3)4)14-9-7-6-8-13(14)17/h6-9,11-12H,5,10H2,1-4H3. The van der Waals surface area contributed by atoms with Crippen molar-refractivity contribution in [2.24, 2.45) is 0 Å². The van der Waals surface area contributed by atoms with E-state index in [0.29, 0.717) is 6.42 Å². The smallest absolute Gasteiger partial charge is 0.415 e. The largest absolute Gasteiger partial charge is 0.443 e. The summed E-state index contributed by atoms with van der Waals surface area (Å²) in [5.74, 6) is -0.521. The van der Waals surface area contributed by atoms with Crippen LogP contribution in [-0.4, -0.2) is 24.0 Å². The van der Waals surface area contributed by atoms with Gasteiger partial charge in [-0.05, 0) is 39.3 Å². The third kappa shape index (κ3) is 4.85. The van der Waals surface area contributed by atoms with Crippen LogP contribution < -0.4 is 4.90 Å². The third-order valence-corrected chi connectivity index (χ3v) is 2.91. The summed E-state index contributed by atoms with van der Waals surface area (Å²) in [7, 11) is 0. The Morgan fingerprint density at radius 3 is 2.48 bits per heavy atom. The fraction of sp³-hybridized carbons (Fsp3) is 0.500. The van der Waals surface area contributed by atoms with Gasteiger partial charge in [-0.2, -0.15) is 0 Å². The molecule has 21 heavy (non-hydrogen) atoms. The summed E-state index contributed by atoms with van der Waals surface area (Å²) in [6, 6.07) is 5.54. The lowest BCUT2D eigenvalue weighted by molar-refractivity contribution is -0.108. The first kappa shape index (κ1) is 17.1. The second-order valence-electron chi connectivity index (χ2n) is 5.77. The van der Waals surface area contributed by atoms with Gasteiger partial charge < -0.3 is 9.53 Å². The van der Waals surface area contributed by atoms with Crippen molar-refractivity contribution >= 4 is 18.1 Å². The Morgan fingerprint density at radius 1 is 1.38 bits per heavy atom. The van der Waals surface area contributed by atoms with E-state index in [1.807, 2.05) is 6.92 Å². The Labute approximate surface area is 124 Å². The van der Waals surface area contributed by atoms with Gasteiger partial charge in [0.05, 0.1) is 5.69 Å². The number of nitrogens with zero attached hydrogens (tertiary/aromatic N) is 1. The zero-order chi connectivity index (χ0) is 16.0. The number of rotatable bonds is 5. The van der Waals surface area contributed by atoms with Crippen LogP contribution in [0.15, 0.2) is 24.3 Å². The Hall–Kier alpha value is -1.91. The van der Waals surface area contributed by atoms with E-state index < -0.39 is 23.6 Å². The molecule has 4 nitrogen and oxygen atoms in total. The minimum Gasteiger partial charge on any atom is -0.443 e. The number of aldehydes is 1. The van der Waals surface area contributed by atoms with Gasteiger partial charge >= 0.3 is 6.09 Å². The summed E-state index contributed by atoms with van der Waals surface area (Å²) < 4.78 is 19.4. The van der Waals surface area contributed by atoms with E-state index >= 15 is 0 Å². The fourth-order valence-electron chi connectivity index (χ4n) is 1.97. The van der Waals surface area contributed by atoms with Gasteiger partial charge in [-0.15, -0.1) is 0 Å². The van der Waals surface area contributed by atoms with E-state index in [-0.39, 0.29) is 12.1 Å². The van der Waals surface area contributed by atoms with Crippen LogP contribution in [0.4, 0.5) is 14.9 Å². The van der Waals surface area contributed by atoms with Gasteiger partial charge in [-0.25, -0.2) is 9.18 Å². The molecule has 116 valence electrons. The van der Waals surface area contributed by atoms with E-state index in [0.717, 1.165) is 6.29 Å². The van der Waals surface area contributed by atoms with Crippen molar-refractivity contribution in [3.63, 3.8) is 0 Å². The first-order valence-corrected chi connectivity index (χ1v) is 7.00. The van der Waals surface area contributed by atoms with Gasteiger partial charge in [-0.3, -0.25) is 4.90 Å². The highest BCUT2D eigenvalue weighted by Crippen LogP contribution is 2.26. The molecule has 1 unspecified atom stereocenters. The number of carbonyl (C=O) groups is 2. The van der Waals surface area contributed by atoms with Gasteiger partial charge in [0.1, 0.15) is 17.7 Å². The van der Waals surface area contributed by atoms with Crippen molar-refractivity contribution < 1.29 is 18.7 Å². The molecule has 0 saturated heterocycles. The lowest BCUT2D eigenvalue weighted by Crippen LogP contribution is -2.44. The molecule has 1 amide bonds. The van der Waals surface area contributed by atoms with E-state index in [1.54, 1.807) is 32.9 Å². The van der Waals surface area contributed by atoms with Crippen LogP contribution in [0.5, 0.6) is 0 Å². The van der Waals surface area contributed by atoms with Crippen LogP contribution in [0.25, 0.3) is 0 Å². The normalized spacial score (nSPS) is 12.6. The number of carbonyl (C=O) groups excluding carboxylic acids is 2. The van der Waals surface area contributed by atoms with Gasteiger partial charge in [0.15, 0.2) is 0 Å². The average molecular weight is 295 g/mol. The van der Waals surface area contributed by atoms with Crippen LogP contribution in [0.2, 0.25) is 0 Å². The Morgan fingerprint density at radius 2 is 2.00 bits per heavy atom. The molecular formula is C16H22FNO3. The molecule has 5 heteroatoms. The van der Waals surface area contributed by atoms with E-state index in [9.17, 15) is 14.0 Å². The molecule has 0 heterocycles. The minimum absolute atomic E-state index is 0.125. The number of halogens is 1. The first-order valence-electron chi connectivity index (χ1n) is 7.00. The molecule has 0 aliphatic heterocycles. The van der Waals surface area contributed by atoms with Crippen molar-refractivity contribution in [2.45, 2.75) is 52.2 Å². The quantitative estimate of drug-likeness (QED) is 0.773. The molecule has 1 aromatic rings.